The number of aliphatic carboxylic acids is 1. The molecule has 2 N–H and O–H groups in total. The number of carbonyl (C=O) groups is 2. The zero-order chi connectivity index (χ0) is 17.0. The molecule has 0 saturated carbocycles. The van der Waals surface area contributed by atoms with Crippen molar-refractivity contribution in [3.8, 4) is 5.75 Å². The molecule has 1 amide bonds. The van der Waals surface area contributed by atoms with Crippen LogP contribution in [-0.2, 0) is 19.4 Å². The number of carboxylic acid groups (broad SMARTS) is 1. The van der Waals surface area contributed by atoms with Crippen LogP contribution in [0.5, 0.6) is 5.75 Å². The van der Waals surface area contributed by atoms with E-state index in [4.69, 9.17) is 21.4 Å². The fourth-order valence-corrected chi connectivity index (χ4v) is 3.96. The standard InChI is InChI=1S/C14H16ClNO6S/c15-11-7-10(1-2-12(11)22-8-13(17)18)16-14(19)9-3-5-23(20,21)6-4-9/h1-2,7,9H,3-6,8H2,(H,16,19)(H,17,18). The van der Waals surface area contributed by atoms with E-state index in [0.29, 0.717) is 18.5 Å². The molecular weight excluding hydrogens is 346 g/mol. The Morgan fingerprint density at radius 3 is 2.52 bits per heavy atom. The molecule has 1 aliphatic heterocycles. The zero-order valence-electron chi connectivity index (χ0n) is 12.1. The number of amides is 1. The fourth-order valence-electron chi connectivity index (χ4n) is 2.23. The van der Waals surface area contributed by atoms with Gasteiger partial charge in [-0.15, -0.1) is 0 Å². The summed E-state index contributed by atoms with van der Waals surface area (Å²) < 4.78 is 27.7. The van der Waals surface area contributed by atoms with Crippen LogP contribution in [0.2, 0.25) is 5.02 Å². The maximum atomic E-state index is 12.1. The second kappa shape index (κ2) is 7.18. The quantitative estimate of drug-likeness (QED) is 0.823. The highest BCUT2D eigenvalue weighted by Crippen LogP contribution is 2.28. The number of anilines is 1. The second-order valence-electron chi connectivity index (χ2n) is 5.24. The second-order valence-corrected chi connectivity index (χ2v) is 7.95. The Kier molecular flexibility index (Phi) is 5.48. The van der Waals surface area contributed by atoms with Gasteiger partial charge in [-0.05, 0) is 31.0 Å². The van der Waals surface area contributed by atoms with Gasteiger partial charge in [-0.1, -0.05) is 11.6 Å². The van der Waals surface area contributed by atoms with Crippen LogP contribution in [0, 0.1) is 5.92 Å². The molecule has 0 radical (unpaired) electrons. The van der Waals surface area contributed by atoms with Crippen molar-refractivity contribution in [1.29, 1.82) is 0 Å². The van der Waals surface area contributed by atoms with Crippen LogP contribution in [0.25, 0.3) is 0 Å². The van der Waals surface area contributed by atoms with Crippen molar-refractivity contribution in [3.63, 3.8) is 0 Å². The van der Waals surface area contributed by atoms with Crippen molar-refractivity contribution in [3.05, 3.63) is 23.2 Å². The first-order chi connectivity index (χ1) is 10.8. The van der Waals surface area contributed by atoms with Gasteiger partial charge in [0.25, 0.3) is 0 Å². The average Bonchev–Trinajstić information content (AvgIpc) is 2.46. The van der Waals surface area contributed by atoms with Gasteiger partial charge in [0.2, 0.25) is 5.91 Å². The fraction of sp³-hybridized carbons (Fsp3) is 0.429. The molecule has 0 unspecified atom stereocenters. The average molecular weight is 362 g/mol. The Labute approximate surface area is 138 Å². The minimum Gasteiger partial charge on any atom is -0.480 e. The Morgan fingerprint density at radius 2 is 1.96 bits per heavy atom. The summed E-state index contributed by atoms with van der Waals surface area (Å²) in [6, 6.07) is 4.46. The zero-order valence-corrected chi connectivity index (χ0v) is 13.7. The third-order valence-corrected chi connectivity index (χ3v) is 5.49. The smallest absolute Gasteiger partial charge is 0.341 e. The largest absolute Gasteiger partial charge is 0.480 e. The summed E-state index contributed by atoms with van der Waals surface area (Å²) in [5.74, 6) is -1.47. The lowest BCUT2D eigenvalue weighted by molar-refractivity contribution is -0.139. The number of nitrogens with one attached hydrogen (secondary N) is 1. The van der Waals surface area contributed by atoms with Crippen molar-refractivity contribution in [1.82, 2.24) is 0 Å². The minimum atomic E-state index is -3.01. The van der Waals surface area contributed by atoms with Crippen LogP contribution in [0.3, 0.4) is 0 Å². The normalized spacial score (nSPS) is 17.4. The number of carboxylic acids is 1. The van der Waals surface area contributed by atoms with E-state index in [2.05, 4.69) is 5.32 Å². The third-order valence-electron chi connectivity index (χ3n) is 3.48. The summed E-state index contributed by atoms with van der Waals surface area (Å²) in [4.78, 5) is 22.6. The van der Waals surface area contributed by atoms with Crippen molar-refractivity contribution < 1.29 is 27.9 Å². The van der Waals surface area contributed by atoms with Gasteiger partial charge in [0.05, 0.1) is 16.5 Å². The van der Waals surface area contributed by atoms with Crippen molar-refractivity contribution in [2.75, 3.05) is 23.4 Å². The summed E-state index contributed by atoms with van der Waals surface area (Å²) in [5.41, 5.74) is 0.441. The summed E-state index contributed by atoms with van der Waals surface area (Å²) in [6.45, 7) is -0.512. The molecule has 0 aromatic heterocycles. The predicted octanol–water partition coefficient (Wildman–Crippen LogP) is 1.57. The molecule has 2 rings (SSSR count). The summed E-state index contributed by atoms with van der Waals surface area (Å²) in [5, 5.41) is 11.4. The van der Waals surface area contributed by atoms with Gasteiger partial charge in [0, 0.05) is 11.6 Å². The summed E-state index contributed by atoms with van der Waals surface area (Å²) in [6.07, 6.45) is 0.614. The number of ether oxygens (including phenoxy) is 1. The van der Waals surface area contributed by atoms with Crippen molar-refractivity contribution in [2.24, 2.45) is 5.92 Å². The molecule has 1 heterocycles. The van der Waals surface area contributed by atoms with Gasteiger partial charge in [0.15, 0.2) is 6.61 Å². The maximum Gasteiger partial charge on any atom is 0.341 e. The van der Waals surface area contributed by atoms with E-state index in [9.17, 15) is 18.0 Å². The maximum absolute atomic E-state index is 12.1. The van der Waals surface area contributed by atoms with E-state index in [1.54, 1.807) is 6.07 Å². The molecule has 1 fully saturated rings. The van der Waals surface area contributed by atoms with Gasteiger partial charge in [-0.25, -0.2) is 13.2 Å². The molecule has 126 valence electrons. The molecule has 7 nitrogen and oxygen atoms in total. The highest BCUT2D eigenvalue weighted by atomic mass is 35.5. The number of rotatable bonds is 5. The number of hydrogen-bond acceptors (Lipinski definition) is 5. The lowest BCUT2D eigenvalue weighted by Gasteiger charge is -2.21. The van der Waals surface area contributed by atoms with Crippen molar-refractivity contribution >= 4 is 39.0 Å². The summed E-state index contributed by atoms with van der Waals surface area (Å²) >= 11 is 5.97. The molecule has 9 heteroatoms. The molecule has 1 aromatic rings. The van der Waals surface area contributed by atoms with Crippen LogP contribution in [-0.4, -0.2) is 43.5 Å². The predicted molar refractivity (Wildman–Crippen MR) is 84.6 cm³/mol. The van der Waals surface area contributed by atoms with Gasteiger partial charge in [-0.2, -0.15) is 0 Å². The SMILES string of the molecule is O=C(O)COc1ccc(NC(=O)C2CCS(=O)(=O)CC2)cc1Cl. The first-order valence-corrected chi connectivity index (χ1v) is 9.12. The molecular formula is C14H16ClNO6S. The summed E-state index contributed by atoms with van der Waals surface area (Å²) in [7, 11) is -3.01. The Morgan fingerprint density at radius 1 is 1.30 bits per heavy atom. The molecule has 23 heavy (non-hydrogen) atoms. The van der Waals surface area contributed by atoms with E-state index in [-0.39, 0.29) is 34.1 Å². The molecule has 1 aliphatic rings. The lowest BCUT2D eigenvalue weighted by atomic mass is 10.0. The van der Waals surface area contributed by atoms with E-state index in [0.717, 1.165) is 0 Å². The highest BCUT2D eigenvalue weighted by molar-refractivity contribution is 7.91. The van der Waals surface area contributed by atoms with Crippen LogP contribution in [0.4, 0.5) is 5.69 Å². The molecule has 1 saturated heterocycles. The number of benzene rings is 1. The molecule has 0 bridgehead atoms. The number of carbonyl (C=O) groups excluding carboxylic acids is 1. The minimum absolute atomic E-state index is 0.0216. The monoisotopic (exact) mass is 361 g/mol. The van der Waals surface area contributed by atoms with Crippen LogP contribution in [0.15, 0.2) is 18.2 Å². The molecule has 0 aliphatic carbocycles. The van der Waals surface area contributed by atoms with E-state index in [1.165, 1.54) is 12.1 Å². The van der Waals surface area contributed by atoms with Crippen LogP contribution in [0.1, 0.15) is 12.8 Å². The van der Waals surface area contributed by atoms with E-state index < -0.39 is 22.4 Å². The van der Waals surface area contributed by atoms with Crippen LogP contribution >= 0.6 is 11.6 Å². The van der Waals surface area contributed by atoms with E-state index in [1.807, 2.05) is 0 Å². The van der Waals surface area contributed by atoms with Gasteiger partial charge < -0.3 is 15.2 Å². The Hall–Kier alpha value is -1.80. The highest BCUT2D eigenvalue weighted by Gasteiger charge is 2.28. The Bertz CT molecular complexity index is 704. The van der Waals surface area contributed by atoms with Gasteiger partial charge in [0.1, 0.15) is 15.6 Å². The van der Waals surface area contributed by atoms with Crippen molar-refractivity contribution in [2.45, 2.75) is 12.8 Å². The van der Waals surface area contributed by atoms with Gasteiger partial charge >= 0.3 is 5.97 Å². The van der Waals surface area contributed by atoms with Crippen LogP contribution < -0.4 is 10.1 Å². The number of halogens is 1. The molecule has 0 atom stereocenters. The lowest BCUT2D eigenvalue weighted by Crippen LogP contribution is -2.31. The Balaban J connectivity index is 1.96. The van der Waals surface area contributed by atoms with E-state index >= 15 is 0 Å². The molecule has 0 spiro atoms. The first kappa shape index (κ1) is 17.6. The van der Waals surface area contributed by atoms with Gasteiger partial charge in [-0.3, -0.25) is 4.79 Å². The first-order valence-electron chi connectivity index (χ1n) is 6.92. The number of hydrogen-bond donors (Lipinski definition) is 2. The topological polar surface area (TPSA) is 110 Å². The number of sulfone groups is 1. The third kappa shape index (κ3) is 5.11. The molecule has 1 aromatic carbocycles.